The van der Waals surface area contributed by atoms with Crippen LogP contribution in [0.2, 0.25) is 0 Å². The zero-order chi connectivity index (χ0) is 19.4. The maximum absolute atomic E-state index is 12.5. The van der Waals surface area contributed by atoms with Crippen LogP contribution in [0.25, 0.3) is 0 Å². The van der Waals surface area contributed by atoms with E-state index in [1.807, 2.05) is 6.92 Å². The van der Waals surface area contributed by atoms with Crippen LogP contribution in [0.1, 0.15) is 36.8 Å². The van der Waals surface area contributed by atoms with Gasteiger partial charge in [-0.25, -0.2) is 0 Å². The van der Waals surface area contributed by atoms with Crippen molar-refractivity contribution in [3.8, 4) is 0 Å². The molecule has 27 heavy (non-hydrogen) atoms. The summed E-state index contributed by atoms with van der Waals surface area (Å²) in [6, 6.07) is 14.4. The second-order valence-corrected chi connectivity index (χ2v) is 5.86. The maximum Gasteiger partial charge on any atom is 0.291 e. The monoisotopic (exact) mass is 363 g/mol. The average molecular weight is 363 g/mol. The van der Waals surface area contributed by atoms with Crippen LogP contribution in [0.3, 0.4) is 0 Å². The average Bonchev–Trinajstić information content (AvgIpc) is 3.18. The van der Waals surface area contributed by atoms with Gasteiger partial charge in [0.15, 0.2) is 5.76 Å². The van der Waals surface area contributed by atoms with E-state index in [4.69, 9.17) is 10.2 Å². The van der Waals surface area contributed by atoms with Gasteiger partial charge in [-0.3, -0.25) is 14.4 Å². The summed E-state index contributed by atoms with van der Waals surface area (Å²) in [7, 11) is 0. The molecule has 0 radical (unpaired) electrons. The van der Waals surface area contributed by atoms with Gasteiger partial charge in [0.2, 0.25) is 5.91 Å². The fourth-order valence-corrected chi connectivity index (χ4v) is 2.44. The molecular weight excluding hydrogens is 346 g/mol. The molecule has 0 unspecified atom stereocenters. The molecule has 0 atom stereocenters. The van der Waals surface area contributed by atoms with Crippen LogP contribution in [0, 0.1) is 6.92 Å². The molecule has 1 aromatic heterocycles. The Morgan fingerprint density at radius 3 is 2.41 bits per heavy atom. The number of hydrogen-bond donors (Lipinski definition) is 3. The fraction of sp³-hybridized carbons (Fsp3) is 0.0500. The number of aryl methyl sites for hydroxylation is 1. The molecule has 4 N–H and O–H groups in total. The van der Waals surface area contributed by atoms with E-state index in [0.717, 1.165) is 5.56 Å². The van der Waals surface area contributed by atoms with Crippen molar-refractivity contribution in [1.82, 2.24) is 0 Å². The molecule has 0 fully saturated rings. The quantitative estimate of drug-likeness (QED) is 0.646. The molecule has 3 amide bonds. The fourth-order valence-electron chi connectivity index (χ4n) is 2.44. The lowest BCUT2D eigenvalue weighted by atomic mass is 10.1. The van der Waals surface area contributed by atoms with E-state index in [0.29, 0.717) is 22.5 Å². The minimum Gasteiger partial charge on any atom is -0.459 e. The number of anilines is 2. The highest BCUT2D eigenvalue weighted by molar-refractivity contribution is 6.07. The molecule has 1 heterocycles. The van der Waals surface area contributed by atoms with E-state index in [9.17, 15) is 14.4 Å². The summed E-state index contributed by atoms with van der Waals surface area (Å²) in [5, 5.41) is 5.43. The van der Waals surface area contributed by atoms with Crippen LogP contribution >= 0.6 is 0 Å². The van der Waals surface area contributed by atoms with Gasteiger partial charge in [0, 0.05) is 22.5 Å². The molecule has 7 heteroatoms. The van der Waals surface area contributed by atoms with Crippen LogP contribution in [0.4, 0.5) is 11.4 Å². The van der Waals surface area contributed by atoms with Crippen molar-refractivity contribution in [2.45, 2.75) is 6.92 Å². The number of carbonyl (C=O) groups excluding carboxylic acids is 3. The van der Waals surface area contributed by atoms with Crippen molar-refractivity contribution in [3.63, 3.8) is 0 Å². The van der Waals surface area contributed by atoms with E-state index in [-0.39, 0.29) is 11.7 Å². The zero-order valence-electron chi connectivity index (χ0n) is 14.5. The predicted octanol–water partition coefficient (Wildman–Crippen LogP) is 3.19. The Kier molecular flexibility index (Phi) is 5.03. The lowest BCUT2D eigenvalue weighted by Crippen LogP contribution is -2.16. The Morgan fingerprint density at radius 1 is 0.889 bits per heavy atom. The first-order valence-corrected chi connectivity index (χ1v) is 8.11. The second kappa shape index (κ2) is 7.57. The first kappa shape index (κ1) is 17.9. The van der Waals surface area contributed by atoms with Gasteiger partial charge in [-0.15, -0.1) is 0 Å². The molecule has 136 valence electrons. The molecule has 0 spiro atoms. The number of hydrogen-bond acceptors (Lipinski definition) is 4. The first-order valence-electron chi connectivity index (χ1n) is 8.11. The van der Waals surface area contributed by atoms with Gasteiger partial charge in [-0.2, -0.15) is 0 Å². The summed E-state index contributed by atoms with van der Waals surface area (Å²) in [5.41, 5.74) is 7.62. The van der Waals surface area contributed by atoms with Crippen molar-refractivity contribution in [1.29, 1.82) is 0 Å². The Bertz CT molecular complexity index is 1010. The number of primary amides is 1. The number of amides is 3. The number of furan rings is 1. The molecule has 3 aromatic rings. The van der Waals surface area contributed by atoms with Gasteiger partial charge >= 0.3 is 0 Å². The molecule has 3 rings (SSSR count). The van der Waals surface area contributed by atoms with Gasteiger partial charge in [-0.1, -0.05) is 12.1 Å². The van der Waals surface area contributed by atoms with Gasteiger partial charge < -0.3 is 20.8 Å². The Morgan fingerprint density at radius 2 is 1.70 bits per heavy atom. The minimum absolute atomic E-state index is 0.174. The minimum atomic E-state index is -0.579. The number of nitrogens with two attached hydrogens (primary N) is 1. The lowest BCUT2D eigenvalue weighted by molar-refractivity contribution is 0.0990. The molecule has 0 aliphatic carbocycles. The molecular formula is C20H17N3O4. The molecule has 0 bridgehead atoms. The number of carbonyl (C=O) groups is 3. The molecule has 2 aromatic carbocycles. The van der Waals surface area contributed by atoms with Crippen molar-refractivity contribution in [3.05, 3.63) is 83.3 Å². The summed E-state index contributed by atoms with van der Waals surface area (Å²) in [6.07, 6.45) is 1.41. The van der Waals surface area contributed by atoms with Crippen LogP contribution in [0.5, 0.6) is 0 Å². The van der Waals surface area contributed by atoms with Crippen molar-refractivity contribution in [2.24, 2.45) is 5.73 Å². The van der Waals surface area contributed by atoms with Crippen LogP contribution in [0.15, 0.2) is 65.3 Å². The summed E-state index contributed by atoms with van der Waals surface area (Å²) < 4.78 is 5.07. The van der Waals surface area contributed by atoms with E-state index in [2.05, 4.69) is 10.6 Å². The SMILES string of the molecule is Cc1ccc(C(=O)Nc2cccc(C(N)=O)c2)cc1NC(=O)c1ccco1. The molecule has 0 saturated heterocycles. The van der Waals surface area contributed by atoms with E-state index < -0.39 is 11.8 Å². The molecule has 0 aliphatic rings. The summed E-state index contributed by atoms with van der Waals surface area (Å²) in [4.78, 5) is 35.9. The van der Waals surface area contributed by atoms with Crippen molar-refractivity contribution in [2.75, 3.05) is 10.6 Å². The third-order valence-electron chi connectivity index (χ3n) is 3.90. The standard InChI is InChI=1S/C20H17N3O4/c1-12-7-8-14(11-16(12)23-20(26)17-6-3-9-27-17)19(25)22-15-5-2-4-13(10-15)18(21)24/h2-11H,1H3,(H2,21,24)(H,22,25)(H,23,26). The first-order chi connectivity index (χ1) is 12.9. The highest BCUT2D eigenvalue weighted by atomic mass is 16.3. The highest BCUT2D eigenvalue weighted by Gasteiger charge is 2.13. The summed E-state index contributed by atoms with van der Waals surface area (Å²) >= 11 is 0. The largest absolute Gasteiger partial charge is 0.459 e. The maximum atomic E-state index is 12.5. The topological polar surface area (TPSA) is 114 Å². The van der Waals surface area contributed by atoms with Crippen LogP contribution < -0.4 is 16.4 Å². The Balaban J connectivity index is 1.78. The predicted molar refractivity (Wildman–Crippen MR) is 101 cm³/mol. The number of rotatable bonds is 5. The summed E-state index contributed by atoms with van der Waals surface area (Å²) in [6.45, 7) is 1.82. The number of nitrogens with one attached hydrogen (secondary N) is 2. The van der Waals surface area contributed by atoms with Gasteiger partial charge in [0.1, 0.15) is 0 Å². The normalized spacial score (nSPS) is 10.3. The van der Waals surface area contributed by atoms with Crippen molar-refractivity contribution >= 4 is 29.1 Å². The molecule has 7 nitrogen and oxygen atoms in total. The molecule has 0 saturated carbocycles. The van der Waals surface area contributed by atoms with E-state index >= 15 is 0 Å². The lowest BCUT2D eigenvalue weighted by Gasteiger charge is -2.11. The van der Waals surface area contributed by atoms with Crippen molar-refractivity contribution < 1.29 is 18.8 Å². The third-order valence-corrected chi connectivity index (χ3v) is 3.90. The van der Waals surface area contributed by atoms with Crippen LogP contribution in [-0.2, 0) is 0 Å². The zero-order valence-corrected chi connectivity index (χ0v) is 14.5. The van der Waals surface area contributed by atoms with Gasteiger partial charge in [-0.05, 0) is 55.0 Å². The second-order valence-electron chi connectivity index (χ2n) is 5.86. The van der Waals surface area contributed by atoms with Gasteiger partial charge in [0.05, 0.1) is 6.26 Å². The smallest absolute Gasteiger partial charge is 0.291 e. The molecule has 0 aliphatic heterocycles. The highest BCUT2D eigenvalue weighted by Crippen LogP contribution is 2.20. The Hall–Kier alpha value is -3.87. The number of benzene rings is 2. The van der Waals surface area contributed by atoms with Crippen LogP contribution in [-0.4, -0.2) is 17.7 Å². The Labute approximate surface area is 155 Å². The summed E-state index contributed by atoms with van der Waals surface area (Å²) in [5.74, 6) is -1.20. The van der Waals surface area contributed by atoms with E-state index in [1.165, 1.54) is 12.3 Å². The van der Waals surface area contributed by atoms with E-state index in [1.54, 1.807) is 48.5 Å². The van der Waals surface area contributed by atoms with Gasteiger partial charge in [0.25, 0.3) is 11.8 Å². The third kappa shape index (κ3) is 4.21.